The highest BCUT2D eigenvalue weighted by molar-refractivity contribution is 9.10. The number of para-hydroxylation sites is 1. The van der Waals surface area contributed by atoms with Gasteiger partial charge in [0.2, 0.25) is 0 Å². The van der Waals surface area contributed by atoms with Crippen molar-refractivity contribution in [2.45, 2.75) is 18.9 Å². The maximum Gasteiger partial charge on any atom is 0.257 e. The van der Waals surface area contributed by atoms with Gasteiger partial charge in [-0.15, -0.1) is 0 Å². The fraction of sp³-hybridized carbons (Fsp3) is 0.136. The van der Waals surface area contributed by atoms with Gasteiger partial charge in [-0.1, -0.05) is 17.7 Å². The quantitative estimate of drug-likeness (QED) is 0.535. The van der Waals surface area contributed by atoms with Crippen molar-refractivity contribution in [3.05, 3.63) is 91.5 Å². The highest BCUT2D eigenvalue weighted by Gasteiger charge is 2.24. The summed E-state index contributed by atoms with van der Waals surface area (Å²) in [5.74, 6) is -1.45. The van der Waals surface area contributed by atoms with Gasteiger partial charge in [-0.25, -0.2) is 4.39 Å². The van der Waals surface area contributed by atoms with Crippen LogP contribution in [0, 0.1) is 5.82 Å². The first-order valence-corrected chi connectivity index (χ1v) is 10.6. The molecule has 1 heterocycles. The molecule has 0 radical (unpaired) electrons. The Bertz CT molecular complexity index is 1240. The summed E-state index contributed by atoms with van der Waals surface area (Å²) < 4.78 is 15.8. The Hall–Kier alpha value is -2.97. The number of benzene rings is 2. The first-order chi connectivity index (χ1) is 14.8. The van der Waals surface area contributed by atoms with Crippen LogP contribution in [0.1, 0.15) is 33.6 Å². The molecule has 0 atom stereocenters. The summed E-state index contributed by atoms with van der Waals surface area (Å²) in [6.45, 7) is 0. The number of rotatable bonds is 5. The third kappa shape index (κ3) is 4.70. The Morgan fingerprint density at radius 1 is 1.06 bits per heavy atom. The number of halogens is 3. The normalized spacial score (nSPS) is 13.0. The lowest BCUT2D eigenvalue weighted by Gasteiger charge is -2.12. The first-order valence-electron chi connectivity index (χ1n) is 9.42. The first kappa shape index (κ1) is 21.3. The van der Waals surface area contributed by atoms with Gasteiger partial charge in [0.25, 0.3) is 17.4 Å². The van der Waals surface area contributed by atoms with Crippen molar-refractivity contribution in [3.8, 4) is 5.69 Å². The van der Waals surface area contributed by atoms with Crippen molar-refractivity contribution < 1.29 is 14.0 Å². The monoisotopic (exact) mass is 503 g/mol. The average molecular weight is 505 g/mol. The third-order valence-corrected chi connectivity index (χ3v) is 5.74. The number of aromatic nitrogens is 1. The van der Waals surface area contributed by atoms with Gasteiger partial charge >= 0.3 is 0 Å². The molecule has 2 amide bonds. The zero-order valence-corrected chi connectivity index (χ0v) is 18.3. The maximum atomic E-state index is 14.3. The second kappa shape index (κ2) is 8.64. The van der Waals surface area contributed by atoms with E-state index in [1.165, 1.54) is 30.5 Å². The molecule has 1 aliphatic carbocycles. The molecule has 1 aromatic heterocycles. The standard InChI is InChI=1S/C22H16BrClFN3O3/c23-15-8-4-12(21(30)26-14-6-7-14)10-18(15)27-22(31)13-5-9-19(29)28(11-13)20-16(24)2-1-3-17(20)25/h1-5,8-11,14H,6-7H2,(H,26,30)(H,27,31). The number of hydrogen-bond donors (Lipinski definition) is 2. The van der Waals surface area contributed by atoms with Gasteiger partial charge in [0.15, 0.2) is 0 Å². The highest BCUT2D eigenvalue weighted by atomic mass is 79.9. The van der Waals surface area contributed by atoms with Crippen LogP contribution in [-0.2, 0) is 0 Å². The van der Waals surface area contributed by atoms with Crippen LogP contribution in [0.25, 0.3) is 5.69 Å². The molecule has 0 bridgehead atoms. The molecule has 0 unspecified atom stereocenters. The van der Waals surface area contributed by atoms with Gasteiger partial charge in [-0.05, 0) is 65.2 Å². The van der Waals surface area contributed by atoms with Crippen LogP contribution in [0.4, 0.5) is 10.1 Å². The SMILES string of the molecule is O=C(Nc1cc(C(=O)NC2CC2)ccc1Br)c1ccc(=O)n(-c2c(F)cccc2Cl)c1. The maximum absolute atomic E-state index is 14.3. The van der Waals surface area contributed by atoms with Gasteiger partial charge in [0, 0.05) is 28.3 Å². The number of amides is 2. The summed E-state index contributed by atoms with van der Waals surface area (Å²) in [4.78, 5) is 37.4. The molecular weight excluding hydrogens is 489 g/mol. The van der Waals surface area contributed by atoms with Gasteiger partial charge < -0.3 is 10.6 Å². The number of carbonyl (C=O) groups excluding carboxylic acids is 2. The van der Waals surface area contributed by atoms with Crippen molar-refractivity contribution in [1.82, 2.24) is 9.88 Å². The summed E-state index contributed by atoms with van der Waals surface area (Å²) in [6, 6.07) is 11.6. The Labute approximate surface area is 190 Å². The molecule has 2 aromatic carbocycles. The average Bonchev–Trinajstić information content (AvgIpc) is 3.54. The fourth-order valence-corrected chi connectivity index (χ4v) is 3.57. The number of pyridine rings is 1. The van der Waals surface area contributed by atoms with Crippen molar-refractivity contribution >= 4 is 45.0 Å². The molecule has 4 rings (SSSR count). The third-order valence-electron chi connectivity index (χ3n) is 4.74. The molecule has 6 nitrogen and oxygen atoms in total. The van der Waals surface area contributed by atoms with E-state index in [-0.39, 0.29) is 28.2 Å². The molecule has 0 spiro atoms. The lowest BCUT2D eigenvalue weighted by Crippen LogP contribution is -2.25. The van der Waals surface area contributed by atoms with Crippen LogP contribution in [0.2, 0.25) is 5.02 Å². The summed E-state index contributed by atoms with van der Waals surface area (Å²) in [7, 11) is 0. The lowest BCUT2D eigenvalue weighted by atomic mass is 10.1. The number of nitrogens with zero attached hydrogens (tertiary/aromatic N) is 1. The van der Waals surface area contributed by atoms with Crippen LogP contribution in [0.15, 0.2) is 64.0 Å². The molecule has 1 fully saturated rings. The predicted octanol–water partition coefficient (Wildman–Crippen LogP) is 4.54. The summed E-state index contributed by atoms with van der Waals surface area (Å²) in [5.41, 5.74) is 0.231. The fourth-order valence-electron chi connectivity index (χ4n) is 2.97. The van der Waals surface area contributed by atoms with E-state index in [0.717, 1.165) is 23.5 Å². The summed E-state index contributed by atoms with van der Waals surface area (Å²) in [6.07, 6.45) is 3.15. The Balaban J connectivity index is 1.62. The molecule has 1 aliphatic rings. The zero-order valence-electron chi connectivity index (χ0n) is 16.0. The van der Waals surface area contributed by atoms with Gasteiger partial charge in [-0.3, -0.25) is 19.0 Å². The molecule has 3 aromatic rings. The molecule has 2 N–H and O–H groups in total. The molecule has 0 saturated heterocycles. The topological polar surface area (TPSA) is 80.2 Å². The minimum Gasteiger partial charge on any atom is -0.349 e. The summed E-state index contributed by atoms with van der Waals surface area (Å²) in [5, 5.41) is 5.64. The van der Waals surface area contributed by atoms with Crippen LogP contribution in [0.5, 0.6) is 0 Å². The van der Waals surface area contributed by atoms with Crippen molar-refractivity contribution in [1.29, 1.82) is 0 Å². The molecule has 0 aliphatic heterocycles. The van der Waals surface area contributed by atoms with E-state index in [9.17, 15) is 18.8 Å². The van der Waals surface area contributed by atoms with E-state index in [2.05, 4.69) is 26.6 Å². The van der Waals surface area contributed by atoms with Gasteiger partial charge in [0.1, 0.15) is 11.5 Å². The smallest absolute Gasteiger partial charge is 0.257 e. The molecule has 1 saturated carbocycles. The van der Waals surface area contributed by atoms with Crippen LogP contribution in [-0.4, -0.2) is 22.4 Å². The number of carbonyl (C=O) groups is 2. The zero-order chi connectivity index (χ0) is 22.1. The van der Waals surface area contributed by atoms with E-state index < -0.39 is 17.3 Å². The number of anilines is 1. The Kier molecular flexibility index (Phi) is 5.93. The van der Waals surface area contributed by atoms with E-state index in [4.69, 9.17) is 11.6 Å². The largest absolute Gasteiger partial charge is 0.349 e. The van der Waals surface area contributed by atoms with Crippen molar-refractivity contribution in [2.75, 3.05) is 5.32 Å². The van der Waals surface area contributed by atoms with E-state index >= 15 is 0 Å². The molecular formula is C22H16BrClFN3O3. The molecule has 31 heavy (non-hydrogen) atoms. The van der Waals surface area contributed by atoms with E-state index in [0.29, 0.717) is 15.7 Å². The van der Waals surface area contributed by atoms with Crippen LogP contribution >= 0.6 is 27.5 Å². The Morgan fingerprint density at radius 3 is 2.52 bits per heavy atom. The predicted molar refractivity (Wildman–Crippen MR) is 120 cm³/mol. The van der Waals surface area contributed by atoms with Crippen LogP contribution in [0.3, 0.4) is 0 Å². The molecule has 9 heteroatoms. The van der Waals surface area contributed by atoms with Gasteiger partial charge in [-0.2, -0.15) is 0 Å². The highest BCUT2D eigenvalue weighted by Crippen LogP contribution is 2.26. The second-order valence-electron chi connectivity index (χ2n) is 7.09. The molecule has 158 valence electrons. The number of nitrogens with one attached hydrogen (secondary N) is 2. The number of hydrogen-bond acceptors (Lipinski definition) is 3. The van der Waals surface area contributed by atoms with Crippen molar-refractivity contribution in [2.24, 2.45) is 0 Å². The minimum atomic E-state index is -0.690. The van der Waals surface area contributed by atoms with Crippen LogP contribution < -0.4 is 16.2 Å². The van der Waals surface area contributed by atoms with Crippen molar-refractivity contribution in [3.63, 3.8) is 0 Å². The van der Waals surface area contributed by atoms with Gasteiger partial charge in [0.05, 0.1) is 16.3 Å². The van der Waals surface area contributed by atoms with E-state index in [1.54, 1.807) is 18.2 Å². The Morgan fingerprint density at radius 2 is 1.81 bits per heavy atom. The second-order valence-corrected chi connectivity index (χ2v) is 8.35. The van der Waals surface area contributed by atoms with E-state index in [1.807, 2.05) is 0 Å². The lowest BCUT2D eigenvalue weighted by molar-refractivity contribution is 0.0949. The summed E-state index contributed by atoms with van der Waals surface area (Å²) >= 11 is 9.42. The minimum absolute atomic E-state index is 0.0387.